The summed E-state index contributed by atoms with van der Waals surface area (Å²) in [6.45, 7) is 0. The van der Waals surface area contributed by atoms with Crippen LogP contribution in [-0.2, 0) is 4.79 Å². The van der Waals surface area contributed by atoms with E-state index in [0.29, 0.717) is 18.5 Å². The van der Waals surface area contributed by atoms with E-state index in [1.54, 1.807) is 6.07 Å². The summed E-state index contributed by atoms with van der Waals surface area (Å²) in [7, 11) is 0. The minimum absolute atomic E-state index is 0.0533. The first-order valence-corrected chi connectivity index (χ1v) is 5.91. The highest BCUT2D eigenvalue weighted by atomic mass is 19.2. The van der Waals surface area contributed by atoms with Crippen molar-refractivity contribution in [3.63, 3.8) is 0 Å². The van der Waals surface area contributed by atoms with Crippen molar-refractivity contribution in [2.45, 2.75) is 37.8 Å². The Bertz CT molecular complexity index is 458. The van der Waals surface area contributed by atoms with Gasteiger partial charge >= 0.3 is 0 Å². The SMILES string of the molecule is O=C1CC2CCC(C1)N2c1cccc(F)c1F. The van der Waals surface area contributed by atoms with E-state index in [9.17, 15) is 13.6 Å². The standard InChI is InChI=1S/C13H13F2NO/c14-11-2-1-3-12(13(11)15)16-8-4-5-9(16)7-10(17)6-8/h1-3,8-9H,4-7H2. The van der Waals surface area contributed by atoms with E-state index in [1.165, 1.54) is 6.07 Å². The van der Waals surface area contributed by atoms with E-state index in [1.807, 2.05) is 4.90 Å². The van der Waals surface area contributed by atoms with Crippen molar-refractivity contribution in [1.29, 1.82) is 0 Å². The number of hydrogen-bond donors (Lipinski definition) is 0. The summed E-state index contributed by atoms with van der Waals surface area (Å²) >= 11 is 0. The number of anilines is 1. The molecule has 0 aliphatic carbocycles. The average Bonchev–Trinajstić information content (AvgIpc) is 2.55. The van der Waals surface area contributed by atoms with E-state index in [-0.39, 0.29) is 17.9 Å². The first kappa shape index (κ1) is 10.7. The number of nitrogens with zero attached hydrogens (tertiary/aromatic N) is 1. The molecule has 0 amide bonds. The lowest BCUT2D eigenvalue weighted by atomic mass is 10.0. The molecular weight excluding hydrogens is 224 g/mol. The minimum atomic E-state index is -0.821. The largest absolute Gasteiger partial charge is 0.362 e. The third-order valence-corrected chi connectivity index (χ3v) is 3.76. The van der Waals surface area contributed by atoms with E-state index in [0.717, 1.165) is 18.9 Å². The highest BCUT2D eigenvalue weighted by Gasteiger charge is 2.41. The number of Topliss-reactive ketones (excluding diaryl/α,β-unsaturated/α-hetero) is 1. The molecule has 1 aromatic rings. The van der Waals surface area contributed by atoms with Crippen LogP contribution >= 0.6 is 0 Å². The molecule has 2 bridgehead atoms. The molecule has 2 unspecified atom stereocenters. The number of hydrogen-bond acceptors (Lipinski definition) is 2. The molecule has 90 valence electrons. The summed E-state index contributed by atoms with van der Waals surface area (Å²) in [5, 5.41) is 0. The Morgan fingerprint density at radius 2 is 1.76 bits per heavy atom. The molecule has 2 heterocycles. The molecule has 17 heavy (non-hydrogen) atoms. The van der Waals surface area contributed by atoms with Crippen molar-refractivity contribution in [3.05, 3.63) is 29.8 Å². The van der Waals surface area contributed by atoms with Crippen LogP contribution in [0.1, 0.15) is 25.7 Å². The van der Waals surface area contributed by atoms with Crippen molar-refractivity contribution in [2.75, 3.05) is 4.90 Å². The maximum absolute atomic E-state index is 13.8. The number of piperidine rings is 1. The van der Waals surface area contributed by atoms with Gasteiger partial charge in [0.1, 0.15) is 5.78 Å². The zero-order chi connectivity index (χ0) is 12.0. The lowest BCUT2D eigenvalue weighted by Gasteiger charge is -2.36. The van der Waals surface area contributed by atoms with Gasteiger partial charge in [-0.05, 0) is 25.0 Å². The van der Waals surface area contributed by atoms with Gasteiger partial charge in [0.25, 0.3) is 0 Å². The first-order valence-electron chi connectivity index (χ1n) is 5.91. The predicted molar refractivity (Wildman–Crippen MR) is 59.9 cm³/mol. The van der Waals surface area contributed by atoms with Gasteiger partial charge in [-0.1, -0.05) is 6.07 Å². The Labute approximate surface area is 98.2 Å². The highest BCUT2D eigenvalue weighted by Crippen LogP contribution is 2.39. The van der Waals surface area contributed by atoms with Gasteiger partial charge in [-0.25, -0.2) is 8.78 Å². The van der Waals surface area contributed by atoms with Crippen LogP contribution in [-0.4, -0.2) is 17.9 Å². The van der Waals surface area contributed by atoms with Crippen molar-refractivity contribution in [1.82, 2.24) is 0 Å². The van der Waals surface area contributed by atoms with Gasteiger partial charge in [0.15, 0.2) is 11.6 Å². The Hall–Kier alpha value is -1.45. The maximum atomic E-state index is 13.8. The molecule has 0 N–H and O–H groups in total. The molecule has 2 nitrogen and oxygen atoms in total. The van der Waals surface area contributed by atoms with Gasteiger partial charge in [-0.2, -0.15) is 0 Å². The molecule has 0 saturated carbocycles. The normalized spacial score (nSPS) is 27.6. The second kappa shape index (κ2) is 3.79. The van der Waals surface area contributed by atoms with E-state index in [2.05, 4.69) is 0 Å². The monoisotopic (exact) mass is 237 g/mol. The van der Waals surface area contributed by atoms with Crippen LogP contribution in [0.3, 0.4) is 0 Å². The molecule has 2 aliphatic rings. The lowest BCUT2D eigenvalue weighted by molar-refractivity contribution is -0.120. The van der Waals surface area contributed by atoms with Crippen molar-refractivity contribution < 1.29 is 13.6 Å². The molecule has 3 rings (SSSR count). The van der Waals surface area contributed by atoms with Gasteiger partial charge in [-0.3, -0.25) is 4.79 Å². The molecule has 2 fully saturated rings. The van der Waals surface area contributed by atoms with Crippen LogP contribution in [0.15, 0.2) is 18.2 Å². The topological polar surface area (TPSA) is 20.3 Å². The van der Waals surface area contributed by atoms with E-state index >= 15 is 0 Å². The third kappa shape index (κ3) is 1.63. The van der Waals surface area contributed by atoms with Crippen LogP contribution in [0.2, 0.25) is 0 Å². The summed E-state index contributed by atoms with van der Waals surface area (Å²) in [5.74, 6) is -1.37. The van der Waals surface area contributed by atoms with Gasteiger partial charge in [0.05, 0.1) is 5.69 Å². The second-order valence-corrected chi connectivity index (χ2v) is 4.81. The number of benzene rings is 1. The third-order valence-electron chi connectivity index (χ3n) is 3.76. The van der Waals surface area contributed by atoms with E-state index in [4.69, 9.17) is 0 Å². The fourth-order valence-corrected chi connectivity index (χ4v) is 3.06. The number of carbonyl (C=O) groups excluding carboxylic acids is 1. The average molecular weight is 237 g/mol. The fourth-order valence-electron chi connectivity index (χ4n) is 3.06. The van der Waals surface area contributed by atoms with Gasteiger partial charge < -0.3 is 4.90 Å². The number of halogens is 2. The molecule has 1 aromatic carbocycles. The zero-order valence-corrected chi connectivity index (χ0v) is 9.33. The molecule has 0 aromatic heterocycles. The molecule has 2 saturated heterocycles. The molecule has 4 heteroatoms. The summed E-state index contributed by atoms with van der Waals surface area (Å²) in [4.78, 5) is 13.4. The van der Waals surface area contributed by atoms with E-state index < -0.39 is 11.6 Å². The van der Waals surface area contributed by atoms with Crippen molar-refractivity contribution in [2.24, 2.45) is 0 Å². The lowest BCUT2D eigenvalue weighted by Crippen LogP contribution is -2.43. The smallest absolute Gasteiger partial charge is 0.182 e. The minimum Gasteiger partial charge on any atom is -0.362 e. The molecule has 0 radical (unpaired) electrons. The number of fused-ring (bicyclic) bond motifs is 2. The highest BCUT2D eigenvalue weighted by molar-refractivity contribution is 5.83. The number of ketones is 1. The van der Waals surface area contributed by atoms with Crippen LogP contribution < -0.4 is 4.90 Å². The van der Waals surface area contributed by atoms with Crippen LogP contribution in [0.25, 0.3) is 0 Å². The van der Waals surface area contributed by atoms with Crippen LogP contribution in [0.5, 0.6) is 0 Å². The van der Waals surface area contributed by atoms with Crippen molar-refractivity contribution >= 4 is 11.5 Å². The van der Waals surface area contributed by atoms with Crippen molar-refractivity contribution in [3.8, 4) is 0 Å². The number of carbonyl (C=O) groups is 1. The molecule has 2 atom stereocenters. The summed E-state index contributed by atoms with van der Waals surface area (Å²) < 4.78 is 27.0. The Morgan fingerprint density at radius 1 is 1.12 bits per heavy atom. The van der Waals surface area contributed by atoms with Crippen LogP contribution in [0, 0.1) is 11.6 Å². The Kier molecular flexibility index (Phi) is 2.38. The number of rotatable bonds is 1. The molecule has 2 aliphatic heterocycles. The fraction of sp³-hybridized carbons (Fsp3) is 0.462. The Balaban J connectivity index is 2.00. The summed E-state index contributed by atoms with van der Waals surface area (Å²) in [5.41, 5.74) is 0.310. The molecule has 0 spiro atoms. The van der Waals surface area contributed by atoms with Crippen LogP contribution in [0.4, 0.5) is 14.5 Å². The van der Waals surface area contributed by atoms with Gasteiger partial charge in [0.2, 0.25) is 0 Å². The summed E-state index contributed by atoms with van der Waals surface area (Å²) in [6, 6.07) is 4.34. The maximum Gasteiger partial charge on any atom is 0.182 e. The zero-order valence-electron chi connectivity index (χ0n) is 9.33. The van der Waals surface area contributed by atoms with Gasteiger partial charge in [0, 0.05) is 24.9 Å². The predicted octanol–water partition coefficient (Wildman–Crippen LogP) is 2.67. The Morgan fingerprint density at radius 3 is 2.41 bits per heavy atom. The quantitative estimate of drug-likeness (QED) is 0.748. The first-order chi connectivity index (χ1) is 8.16. The van der Waals surface area contributed by atoms with Gasteiger partial charge in [-0.15, -0.1) is 0 Å². The molecular formula is C13H13F2NO. The summed E-state index contributed by atoms with van der Waals surface area (Å²) in [6.07, 6.45) is 2.72. The second-order valence-electron chi connectivity index (χ2n) is 4.81.